The third-order valence-corrected chi connectivity index (χ3v) is 9.51. The molecule has 0 rings (SSSR count). The van der Waals surface area contributed by atoms with Crippen LogP contribution in [0.25, 0.3) is 0 Å². The zero-order valence-corrected chi connectivity index (χ0v) is 24.4. The number of rotatable bonds is 1. The summed E-state index contributed by atoms with van der Waals surface area (Å²) in [6.45, 7) is 38.7. The first-order valence-electron chi connectivity index (χ1n) is 7.61. The van der Waals surface area contributed by atoms with Gasteiger partial charge in [0.2, 0.25) is 0 Å². The van der Waals surface area contributed by atoms with Crippen LogP contribution in [0.15, 0.2) is 0 Å². The normalized spacial score (nSPS) is 11.7. The molecule has 0 nitrogen and oxygen atoms in total. The Morgan fingerprint density at radius 2 is 0.571 bits per heavy atom. The molecule has 0 heterocycles. The molecule has 0 radical (unpaired) electrons. The molecule has 0 atom stereocenters. The largest absolute Gasteiger partial charge is 0.342 e. The summed E-state index contributed by atoms with van der Waals surface area (Å²) in [6.07, 6.45) is 0. The summed E-state index contributed by atoms with van der Waals surface area (Å²) in [5, 5.41) is 0. The predicted molar refractivity (Wildman–Crippen MR) is 116 cm³/mol. The van der Waals surface area contributed by atoms with E-state index in [1.54, 1.807) is 0 Å². The fraction of sp³-hybridized carbons (Fsp3) is 0.750. The Morgan fingerprint density at radius 1 is 0.524 bits per heavy atom. The molecule has 21 heavy (non-hydrogen) atoms. The van der Waals surface area contributed by atoms with Crippen LogP contribution in [0.1, 0.15) is 0 Å². The second-order valence-corrected chi connectivity index (χ2v) is 33.3. The minimum Gasteiger partial charge on any atom is -0.342 e. The van der Waals surface area contributed by atoms with Gasteiger partial charge in [0, 0.05) is 0 Å². The zero-order chi connectivity index (χ0) is 18.7. The Labute approximate surface area is 154 Å². The fourth-order valence-corrected chi connectivity index (χ4v) is 0. The maximum atomic E-state index is 3.91. The van der Waals surface area contributed by atoms with E-state index in [0.29, 0.717) is 0 Å². The zero-order valence-electron chi connectivity index (χ0n) is 17.1. The summed E-state index contributed by atoms with van der Waals surface area (Å²) in [5.41, 5.74) is 0. The third-order valence-electron chi connectivity index (χ3n) is 0.387. The molecule has 0 fully saturated rings. The SMILES string of the molecule is C[Si](C)(C)[CH]=[Ta].[CH2-][Si](C)(C)C.[CH2-][Si](C)(C)C.[CH2-][Si](C)(C)C. The van der Waals surface area contributed by atoms with Gasteiger partial charge in [-0.25, -0.2) is 0 Å². The minimum absolute atomic E-state index is 0.707. The van der Waals surface area contributed by atoms with Crippen LogP contribution >= 0.6 is 0 Å². The first-order chi connectivity index (χ1) is 8.56. The Hall–Kier alpha value is 1.48. The first kappa shape index (κ1) is 30.4. The molecular weight excluding hydrogens is 485 g/mol. The van der Waals surface area contributed by atoms with Crippen molar-refractivity contribution in [3.05, 3.63) is 19.6 Å². The molecule has 0 aromatic rings. The first-order valence-corrected chi connectivity index (χ1v) is 24.2. The average molecular weight is 529 g/mol. The van der Waals surface area contributed by atoms with E-state index in [9.17, 15) is 0 Å². The van der Waals surface area contributed by atoms with Gasteiger partial charge in [-0.05, 0) is 0 Å². The Balaban J connectivity index is -0.0000000921. The van der Waals surface area contributed by atoms with Crippen molar-refractivity contribution in [2.45, 2.75) is 78.6 Å². The molecule has 0 saturated heterocycles. The summed E-state index contributed by atoms with van der Waals surface area (Å²) in [4.78, 5) is 0. The quantitative estimate of drug-likeness (QED) is 0.277. The van der Waals surface area contributed by atoms with E-state index in [-0.39, 0.29) is 0 Å². The molecule has 131 valence electrons. The van der Waals surface area contributed by atoms with E-state index >= 15 is 0 Å². The van der Waals surface area contributed by atoms with Crippen molar-refractivity contribution in [2.75, 3.05) is 0 Å². The van der Waals surface area contributed by atoms with Gasteiger partial charge in [-0.3, -0.25) is 0 Å². The van der Waals surface area contributed by atoms with Crippen LogP contribution in [-0.4, -0.2) is 36.1 Å². The van der Waals surface area contributed by atoms with Crippen molar-refractivity contribution in [2.24, 2.45) is 0 Å². The van der Waals surface area contributed by atoms with E-state index in [4.69, 9.17) is 0 Å². The molecule has 5 heteroatoms. The van der Waals surface area contributed by atoms with Crippen molar-refractivity contribution in [3.8, 4) is 0 Å². The maximum absolute atomic E-state index is 3.91. The van der Waals surface area contributed by atoms with E-state index in [2.05, 4.69) is 102 Å². The van der Waals surface area contributed by atoms with Gasteiger partial charge in [0.05, 0.1) is 0 Å². The molecule has 0 aliphatic carbocycles. The molecule has 0 aliphatic rings. The van der Waals surface area contributed by atoms with E-state index in [1.165, 1.54) is 20.6 Å². The fourth-order valence-electron chi connectivity index (χ4n) is 0. The van der Waals surface area contributed by atoms with Crippen LogP contribution in [0.4, 0.5) is 0 Å². The van der Waals surface area contributed by atoms with Crippen LogP contribution in [0.3, 0.4) is 0 Å². The monoisotopic (exact) mass is 528 g/mol. The van der Waals surface area contributed by atoms with Gasteiger partial charge in [0.25, 0.3) is 0 Å². The van der Waals surface area contributed by atoms with Crippen LogP contribution in [0.5, 0.6) is 0 Å². The van der Waals surface area contributed by atoms with E-state index in [1.807, 2.05) is 0 Å². The molecule has 0 unspecified atom stereocenters. The summed E-state index contributed by atoms with van der Waals surface area (Å²) in [6, 6.07) is 0. The molecule has 0 aliphatic heterocycles. The summed E-state index contributed by atoms with van der Waals surface area (Å²) < 4.78 is 2.44. The van der Waals surface area contributed by atoms with E-state index < -0.39 is 32.3 Å². The molecule has 0 bridgehead atoms. The smallest absolute Gasteiger partial charge is 0.0951 e. The topological polar surface area (TPSA) is 0 Å². The number of hydrogen-bond acceptors (Lipinski definition) is 0. The van der Waals surface area contributed by atoms with Crippen molar-refractivity contribution < 1.29 is 20.6 Å². The molecule has 0 spiro atoms. The third kappa shape index (κ3) is 406. The van der Waals surface area contributed by atoms with Gasteiger partial charge in [0.15, 0.2) is 0 Å². The maximum Gasteiger partial charge on any atom is -0.0951 e. The van der Waals surface area contributed by atoms with Gasteiger partial charge in [-0.15, -0.1) is 24.2 Å². The van der Waals surface area contributed by atoms with Gasteiger partial charge in [-0.2, -0.15) is 0 Å². The van der Waals surface area contributed by atoms with Crippen molar-refractivity contribution in [1.29, 1.82) is 0 Å². The molecule has 0 N–H and O–H groups in total. The second-order valence-electron chi connectivity index (χ2n) is 10.2. The molecule has 0 aromatic carbocycles. The Kier molecular flexibility index (Phi) is 18.6. The van der Waals surface area contributed by atoms with Gasteiger partial charge in [0.1, 0.15) is 0 Å². The van der Waals surface area contributed by atoms with Crippen molar-refractivity contribution >= 4 is 36.1 Å². The molecule has 0 aromatic heterocycles. The van der Waals surface area contributed by atoms with Crippen LogP contribution in [0.2, 0.25) is 78.6 Å². The molecule has 0 amide bonds. The Morgan fingerprint density at radius 3 is 0.571 bits per heavy atom. The van der Waals surface area contributed by atoms with Crippen LogP contribution in [0, 0.1) is 19.6 Å². The van der Waals surface area contributed by atoms with Gasteiger partial charge < -0.3 is 19.6 Å². The summed E-state index contributed by atoms with van der Waals surface area (Å²) >= 11 is 1.46. The van der Waals surface area contributed by atoms with Crippen LogP contribution in [-0.2, 0) is 20.6 Å². The minimum atomic E-state index is -0.861. The summed E-state index contributed by atoms with van der Waals surface area (Å²) in [5.74, 6) is 0. The standard InChI is InChI=1S/3C4H11Si.C4H10Si.Ta/c4*1-5(2,3)4;/h3*1H2,2-4H3;1H,2-4H3;/q3*-1;;. The van der Waals surface area contributed by atoms with E-state index in [0.717, 1.165) is 0 Å². The second kappa shape index (κ2) is 12.8. The van der Waals surface area contributed by atoms with Crippen LogP contribution < -0.4 is 0 Å². The molecular formula is C16H43Si4Ta-3. The Bertz CT molecular complexity index is 190. The average Bonchev–Trinajstić information content (AvgIpc) is 1.91. The van der Waals surface area contributed by atoms with Gasteiger partial charge in [-0.1, -0.05) is 58.9 Å². The molecule has 0 saturated carbocycles. The summed E-state index contributed by atoms with van der Waals surface area (Å²) in [7, 11) is -3.29. The van der Waals surface area contributed by atoms with Crippen molar-refractivity contribution in [1.82, 2.24) is 0 Å². The number of hydrogen-bond donors (Lipinski definition) is 0. The van der Waals surface area contributed by atoms with Gasteiger partial charge >= 0.3 is 52.2 Å². The van der Waals surface area contributed by atoms with Crippen molar-refractivity contribution in [3.63, 3.8) is 0 Å². The predicted octanol–water partition coefficient (Wildman–Crippen LogP) is 6.31.